The Morgan fingerprint density at radius 3 is 3.05 bits per heavy atom. The molecule has 2 atom stereocenters. The summed E-state index contributed by atoms with van der Waals surface area (Å²) in [6.07, 6.45) is 2.79. The van der Waals surface area contributed by atoms with Gasteiger partial charge in [-0.05, 0) is 44.0 Å². The first kappa shape index (κ1) is 13.6. The molecule has 1 aromatic carbocycles. The Bertz CT molecular complexity index is 533. The molecule has 0 spiro atoms. The lowest BCUT2D eigenvalue weighted by Gasteiger charge is -2.34. The van der Waals surface area contributed by atoms with Crippen LogP contribution in [0.5, 0.6) is 0 Å². The van der Waals surface area contributed by atoms with E-state index in [2.05, 4.69) is 16.8 Å². The van der Waals surface area contributed by atoms with Gasteiger partial charge in [0.15, 0.2) is 11.5 Å². The maximum Gasteiger partial charge on any atom is 0.195 e. The SMILES string of the molecule is CC1CCN(CCCc2nc3ccccc3o2)CC1O. The Hall–Kier alpha value is -1.39. The van der Waals surface area contributed by atoms with Crippen LogP contribution in [0.15, 0.2) is 28.7 Å². The average Bonchev–Trinajstić information content (AvgIpc) is 2.85. The van der Waals surface area contributed by atoms with Gasteiger partial charge in [0.25, 0.3) is 0 Å². The Morgan fingerprint density at radius 2 is 2.25 bits per heavy atom. The number of oxazole rings is 1. The number of fused-ring (bicyclic) bond motifs is 1. The second-order valence-corrected chi connectivity index (χ2v) is 5.81. The molecular weight excluding hydrogens is 252 g/mol. The molecule has 0 aliphatic carbocycles. The van der Waals surface area contributed by atoms with Gasteiger partial charge >= 0.3 is 0 Å². The summed E-state index contributed by atoms with van der Waals surface area (Å²) in [6.45, 7) is 5.02. The Balaban J connectivity index is 1.50. The van der Waals surface area contributed by atoms with E-state index >= 15 is 0 Å². The molecular formula is C16H22N2O2. The number of aliphatic hydroxyl groups is 1. The monoisotopic (exact) mass is 274 g/mol. The molecule has 1 aromatic heterocycles. The van der Waals surface area contributed by atoms with Crippen molar-refractivity contribution in [2.75, 3.05) is 19.6 Å². The van der Waals surface area contributed by atoms with Crippen LogP contribution in [0.4, 0.5) is 0 Å². The molecule has 2 aromatic rings. The molecule has 2 heterocycles. The zero-order chi connectivity index (χ0) is 13.9. The topological polar surface area (TPSA) is 49.5 Å². The highest BCUT2D eigenvalue weighted by Gasteiger charge is 2.23. The van der Waals surface area contributed by atoms with Gasteiger partial charge in [0.2, 0.25) is 0 Å². The number of aryl methyl sites for hydroxylation is 1. The van der Waals surface area contributed by atoms with Crippen LogP contribution in [-0.2, 0) is 6.42 Å². The molecule has 4 nitrogen and oxygen atoms in total. The summed E-state index contributed by atoms with van der Waals surface area (Å²) >= 11 is 0. The Morgan fingerprint density at radius 1 is 1.40 bits per heavy atom. The summed E-state index contributed by atoms with van der Waals surface area (Å²) in [5, 5.41) is 9.89. The fourth-order valence-corrected chi connectivity index (χ4v) is 2.80. The minimum atomic E-state index is -0.173. The van der Waals surface area contributed by atoms with E-state index in [1.807, 2.05) is 24.3 Å². The quantitative estimate of drug-likeness (QED) is 0.930. The van der Waals surface area contributed by atoms with Crippen LogP contribution in [-0.4, -0.2) is 40.7 Å². The molecule has 1 aliphatic rings. The molecule has 2 unspecified atom stereocenters. The van der Waals surface area contributed by atoms with E-state index in [1.165, 1.54) is 0 Å². The van der Waals surface area contributed by atoms with E-state index in [4.69, 9.17) is 4.42 Å². The van der Waals surface area contributed by atoms with Gasteiger partial charge in [0.1, 0.15) is 5.52 Å². The summed E-state index contributed by atoms with van der Waals surface area (Å²) in [5.41, 5.74) is 1.80. The lowest BCUT2D eigenvalue weighted by Crippen LogP contribution is -2.43. The van der Waals surface area contributed by atoms with E-state index in [9.17, 15) is 5.11 Å². The minimum Gasteiger partial charge on any atom is -0.441 e. The third kappa shape index (κ3) is 3.02. The van der Waals surface area contributed by atoms with Gasteiger partial charge in [-0.15, -0.1) is 0 Å². The molecule has 0 bridgehead atoms. The van der Waals surface area contributed by atoms with Crippen LogP contribution in [0.1, 0.15) is 25.7 Å². The van der Waals surface area contributed by atoms with Crippen molar-refractivity contribution in [3.63, 3.8) is 0 Å². The van der Waals surface area contributed by atoms with Gasteiger partial charge in [0, 0.05) is 13.0 Å². The van der Waals surface area contributed by atoms with Crippen molar-refractivity contribution in [3.05, 3.63) is 30.2 Å². The predicted octanol–water partition coefficient (Wildman–Crippen LogP) is 2.46. The first-order valence-corrected chi connectivity index (χ1v) is 7.47. The number of rotatable bonds is 4. The van der Waals surface area contributed by atoms with E-state index in [-0.39, 0.29) is 6.10 Å². The van der Waals surface area contributed by atoms with Crippen molar-refractivity contribution in [2.24, 2.45) is 5.92 Å². The largest absolute Gasteiger partial charge is 0.441 e. The third-order valence-electron chi connectivity index (χ3n) is 4.21. The number of likely N-dealkylation sites (tertiary alicyclic amines) is 1. The van der Waals surface area contributed by atoms with E-state index in [0.29, 0.717) is 5.92 Å². The third-order valence-corrected chi connectivity index (χ3v) is 4.21. The summed E-state index contributed by atoms with van der Waals surface area (Å²) < 4.78 is 5.72. The van der Waals surface area contributed by atoms with Crippen LogP contribution in [0.2, 0.25) is 0 Å². The maximum absolute atomic E-state index is 9.89. The highest BCUT2D eigenvalue weighted by molar-refractivity contribution is 5.72. The first-order chi connectivity index (χ1) is 9.72. The predicted molar refractivity (Wildman–Crippen MR) is 78.6 cm³/mol. The molecule has 1 aliphatic heterocycles. The number of benzene rings is 1. The number of hydrogen-bond donors (Lipinski definition) is 1. The molecule has 1 fully saturated rings. The fraction of sp³-hybridized carbons (Fsp3) is 0.562. The molecule has 0 amide bonds. The van der Waals surface area contributed by atoms with Crippen molar-refractivity contribution in [1.29, 1.82) is 0 Å². The minimum absolute atomic E-state index is 0.173. The fourth-order valence-electron chi connectivity index (χ4n) is 2.80. The van der Waals surface area contributed by atoms with Gasteiger partial charge in [-0.3, -0.25) is 0 Å². The van der Waals surface area contributed by atoms with Crippen molar-refractivity contribution in [3.8, 4) is 0 Å². The summed E-state index contributed by atoms with van der Waals surface area (Å²) in [7, 11) is 0. The van der Waals surface area contributed by atoms with Gasteiger partial charge in [-0.1, -0.05) is 19.1 Å². The van der Waals surface area contributed by atoms with Crippen molar-refractivity contribution in [1.82, 2.24) is 9.88 Å². The number of β-amino-alcohol motifs (C(OH)–C–C–N with tert-alkyl or cyclic N) is 1. The molecule has 20 heavy (non-hydrogen) atoms. The number of piperidine rings is 1. The van der Waals surface area contributed by atoms with Crippen LogP contribution in [0.3, 0.4) is 0 Å². The van der Waals surface area contributed by atoms with E-state index in [1.54, 1.807) is 0 Å². The summed E-state index contributed by atoms with van der Waals surface area (Å²) in [4.78, 5) is 6.83. The number of aromatic nitrogens is 1. The zero-order valence-corrected chi connectivity index (χ0v) is 12.0. The van der Waals surface area contributed by atoms with Gasteiger partial charge in [-0.25, -0.2) is 4.98 Å². The lowest BCUT2D eigenvalue weighted by molar-refractivity contribution is 0.0288. The summed E-state index contributed by atoms with van der Waals surface area (Å²) in [5.74, 6) is 1.25. The van der Waals surface area contributed by atoms with Gasteiger partial charge < -0.3 is 14.4 Å². The van der Waals surface area contributed by atoms with E-state index < -0.39 is 0 Å². The highest BCUT2D eigenvalue weighted by Crippen LogP contribution is 2.18. The maximum atomic E-state index is 9.89. The van der Waals surface area contributed by atoms with Crippen LogP contribution in [0.25, 0.3) is 11.1 Å². The molecule has 0 radical (unpaired) electrons. The molecule has 0 saturated carbocycles. The smallest absolute Gasteiger partial charge is 0.195 e. The van der Waals surface area contributed by atoms with Crippen LogP contribution in [0, 0.1) is 5.92 Å². The molecule has 1 N–H and O–H groups in total. The van der Waals surface area contributed by atoms with Gasteiger partial charge in [-0.2, -0.15) is 0 Å². The van der Waals surface area contributed by atoms with Crippen LogP contribution >= 0.6 is 0 Å². The lowest BCUT2D eigenvalue weighted by atomic mass is 9.96. The highest BCUT2D eigenvalue weighted by atomic mass is 16.3. The van der Waals surface area contributed by atoms with Crippen LogP contribution < -0.4 is 0 Å². The Kier molecular flexibility index (Phi) is 4.03. The number of para-hydroxylation sites is 2. The number of nitrogens with zero attached hydrogens (tertiary/aromatic N) is 2. The molecule has 1 saturated heterocycles. The van der Waals surface area contributed by atoms with E-state index in [0.717, 1.165) is 55.9 Å². The molecule has 4 heteroatoms. The van der Waals surface area contributed by atoms with Crippen molar-refractivity contribution in [2.45, 2.75) is 32.3 Å². The van der Waals surface area contributed by atoms with Crippen molar-refractivity contribution >= 4 is 11.1 Å². The first-order valence-electron chi connectivity index (χ1n) is 7.47. The normalized spacial score (nSPS) is 24.3. The van der Waals surface area contributed by atoms with Gasteiger partial charge in [0.05, 0.1) is 6.10 Å². The summed E-state index contributed by atoms with van der Waals surface area (Å²) in [6, 6.07) is 7.87. The molecule has 3 rings (SSSR count). The average molecular weight is 274 g/mol. The van der Waals surface area contributed by atoms with Crippen molar-refractivity contribution < 1.29 is 9.52 Å². The zero-order valence-electron chi connectivity index (χ0n) is 12.0. The Labute approximate surface area is 119 Å². The standard InChI is InChI=1S/C16H22N2O2/c1-12-8-10-18(11-14(12)19)9-4-7-16-17-13-5-2-3-6-15(13)20-16/h2-3,5-6,12,14,19H,4,7-11H2,1H3. The number of aliphatic hydroxyl groups excluding tert-OH is 1. The number of hydrogen-bond acceptors (Lipinski definition) is 4. The second kappa shape index (κ2) is 5.94. The molecule has 108 valence electrons. The second-order valence-electron chi connectivity index (χ2n) is 5.81.